The lowest BCUT2D eigenvalue weighted by Gasteiger charge is -2.05. The van der Waals surface area contributed by atoms with Crippen LogP contribution in [0.1, 0.15) is 17.0 Å². The van der Waals surface area contributed by atoms with Gasteiger partial charge in [0.2, 0.25) is 5.88 Å². The molecule has 5 heteroatoms. The number of hydrogen-bond donors (Lipinski definition) is 2. The van der Waals surface area contributed by atoms with Crippen molar-refractivity contribution < 1.29 is 4.74 Å². The molecule has 90 valence electrons. The molecule has 2 heterocycles. The Morgan fingerprint density at radius 3 is 2.94 bits per heavy atom. The molecule has 0 aromatic carbocycles. The van der Waals surface area contributed by atoms with Gasteiger partial charge in [-0.15, -0.1) is 0 Å². The minimum absolute atomic E-state index is 0.639. The van der Waals surface area contributed by atoms with Crippen LogP contribution in [0.5, 0.6) is 5.88 Å². The minimum atomic E-state index is 0.639. The first-order valence-electron chi connectivity index (χ1n) is 5.48. The summed E-state index contributed by atoms with van der Waals surface area (Å²) < 4.78 is 5.07. The van der Waals surface area contributed by atoms with Crippen LogP contribution in [-0.2, 0) is 13.1 Å². The van der Waals surface area contributed by atoms with Gasteiger partial charge < -0.3 is 15.0 Å². The van der Waals surface area contributed by atoms with Gasteiger partial charge in [0.15, 0.2) is 0 Å². The predicted molar refractivity (Wildman–Crippen MR) is 64.7 cm³/mol. The van der Waals surface area contributed by atoms with Crippen molar-refractivity contribution in [3.05, 3.63) is 41.6 Å². The zero-order valence-corrected chi connectivity index (χ0v) is 10.0. The highest BCUT2D eigenvalue weighted by atomic mass is 16.5. The van der Waals surface area contributed by atoms with Crippen molar-refractivity contribution in [3.8, 4) is 5.88 Å². The molecule has 0 bridgehead atoms. The maximum absolute atomic E-state index is 5.07. The number of methoxy groups -OCH3 is 1. The molecule has 5 nitrogen and oxygen atoms in total. The normalized spacial score (nSPS) is 10.5. The van der Waals surface area contributed by atoms with Gasteiger partial charge >= 0.3 is 0 Å². The van der Waals surface area contributed by atoms with E-state index in [0.717, 1.165) is 30.0 Å². The maximum Gasteiger partial charge on any atom is 0.213 e. The van der Waals surface area contributed by atoms with E-state index in [1.807, 2.05) is 19.1 Å². The first kappa shape index (κ1) is 11.6. The molecule has 0 aliphatic carbocycles. The fraction of sp³-hybridized carbons (Fsp3) is 0.333. The minimum Gasteiger partial charge on any atom is -0.481 e. The van der Waals surface area contributed by atoms with Crippen LogP contribution in [0.2, 0.25) is 0 Å². The van der Waals surface area contributed by atoms with E-state index in [1.54, 1.807) is 19.6 Å². The molecule has 0 saturated heterocycles. The fourth-order valence-corrected chi connectivity index (χ4v) is 1.56. The van der Waals surface area contributed by atoms with Gasteiger partial charge in [0, 0.05) is 31.0 Å². The Kier molecular flexibility index (Phi) is 3.72. The molecule has 0 radical (unpaired) electrons. The SMILES string of the molecule is COc1cc(CNCc2nc[nH]c2C)ccn1. The second-order valence-corrected chi connectivity index (χ2v) is 3.78. The van der Waals surface area contributed by atoms with Gasteiger partial charge in [-0.2, -0.15) is 0 Å². The number of pyridine rings is 1. The number of aromatic amines is 1. The molecule has 2 aromatic rings. The Balaban J connectivity index is 1.87. The number of hydrogen-bond acceptors (Lipinski definition) is 4. The summed E-state index contributed by atoms with van der Waals surface area (Å²) in [5.41, 5.74) is 3.29. The molecular formula is C12H16N4O. The van der Waals surface area contributed by atoms with Crippen LogP contribution < -0.4 is 10.1 Å². The average molecular weight is 232 g/mol. The lowest BCUT2D eigenvalue weighted by atomic mass is 10.2. The number of nitrogens with one attached hydrogen (secondary N) is 2. The number of H-pyrrole nitrogens is 1. The molecule has 0 saturated carbocycles. The van der Waals surface area contributed by atoms with Gasteiger partial charge in [0.1, 0.15) is 0 Å². The van der Waals surface area contributed by atoms with Crippen LogP contribution in [0.15, 0.2) is 24.7 Å². The van der Waals surface area contributed by atoms with E-state index >= 15 is 0 Å². The van der Waals surface area contributed by atoms with Crippen LogP contribution in [-0.4, -0.2) is 22.1 Å². The number of imidazole rings is 1. The molecule has 2 aromatic heterocycles. The second kappa shape index (κ2) is 5.45. The zero-order chi connectivity index (χ0) is 12.1. The van der Waals surface area contributed by atoms with Crippen molar-refractivity contribution in [2.75, 3.05) is 7.11 Å². The van der Waals surface area contributed by atoms with Crippen LogP contribution >= 0.6 is 0 Å². The third kappa shape index (κ3) is 3.04. The van der Waals surface area contributed by atoms with Crippen molar-refractivity contribution >= 4 is 0 Å². The summed E-state index contributed by atoms with van der Waals surface area (Å²) in [6.07, 6.45) is 3.46. The fourth-order valence-electron chi connectivity index (χ4n) is 1.56. The molecule has 2 rings (SSSR count). The highest BCUT2D eigenvalue weighted by Gasteiger charge is 2.01. The summed E-state index contributed by atoms with van der Waals surface area (Å²) in [5, 5.41) is 3.33. The molecule has 0 amide bonds. The van der Waals surface area contributed by atoms with E-state index in [0.29, 0.717) is 5.88 Å². The molecule has 0 aliphatic heterocycles. The van der Waals surface area contributed by atoms with Crippen molar-refractivity contribution in [2.24, 2.45) is 0 Å². The highest BCUT2D eigenvalue weighted by molar-refractivity contribution is 5.20. The highest BCUT2D eigenvalue weighted by Crippen LogP contribution is 2.08. The Hall–Kier alpha value is -1.88. The Morgan fingerprint density at radius 2 is 2.24 bits per heavy atom. The van der Waals surface area contributed by atoms with Gasteiger partial charge in [-0.1, -0.05) is 0 Å². The van der Waals surface area contributed by atoms with Gasteiger partial charge in [-0.25, -0.2) is 9.97 Å². The average Bonchev–Trinajstić information content (AvgIpc) is 2.76. The quantitative estimate of drug-likeness (QED) is 0.818. The number of nitrogens with zero attached hydrogens (tertiary/aromatic N) is 2. The van der Waals surface area contributed by atoms with E-state index in [1.165, 1.54) is 0 Å². The Bertz CT molecular complexity index is 481. The molecule has 0 fully saturated rings. The van der Waals surface area contributed by atoms with E-state index in [2.05, 4.69) is 20.3 Å². The summed E-state index contributed by atoms with van der Waals surface area (Å²) in [6, 6.07) is 3.89. The predicted octanol–water partition coefficient (Wildman–Crippen LogP) is 1.41. The lowest BCUT2D eigenvalue weighted by Crippen LogP contribution is -2.13. The van der Waals surface area contributed by atoms with Crippen LogP contribution in [0.4, 0.5) is 0 Å². The van der Waals surface area contributed by atoms with Crippen LogP contribution in [0.3, 0.4) is 0 Å². The smallest absolute Gasteiger partial charge is 0.213 e. The molecule has 2 N–H and O–H groups in total. The van der Waals surface area contributed by atoms with Gasteiger partial charge in [-0.3, -0.25) is 0 Å². The summed E-state index contributed by atoms with van der Waals surface area (Å²) in [6.45, 7) is 3.53. The molecule has 0 unspecified atom stereocenters. The van der Waals surface area contributed by atoms with Gasteiger partial charge in [-0.05, 0) is 18.6 Å². The largest absolute Gasteiger partial charge is 0.481 e. The summed E-state index contributed by atoms with van der Waals surface area (Å²) in [5.74, 6) is 0.639. The topological polar surface area (TPSA) is 62.8 Å². The maximum atomic E-state index is 5.07. The monoisotopic (exact) mass is 232 g/mol. The first-order chi connectivity index (χ1) is 8.29. The summed E-state index contributed by atoms with van der Waals surface area (Å²) in [7, 11) is 1.62. The number of ether oxygens (including phenoxy) is 1. The van der Waals surface area contributed by atoms with E-state index < -0.39 is 0 Å². The summed E-state index contributed by atoms with van der Waals surface area (Å²) >= 11 is 0. The van der Waals surface area contributed by atoms with Crippen molar-refractivity contribution in [1.82, 2.24) is 20.3 Å². The number of aromatic nitrogens is 3. The van der Waals surface area contributed by atoms with Crippen molar-refractivity contribution in [1.29, 1.82) is 0 Å². The van der Waals surface area contributed by atoms with Crippen LogP contribution in [0.25, 0.3) is 0 Å². The van der Waals surface area contributed by atoms with E-state index in [9.17, 15) is 0 Å². The number of aryl methyl sites for hydroxylation is 1. The van der Waals surface area contributed by atoms with Crippen LogP contribution in [0, 0.1) is 6.92 Å². The first-order valence-corrected chi connectivity index (χ1v) is 5.48. The van der Waals surface area contributed by atoms with Gasteiger partial charge in [0.05, 0.1) is 19.1 Å². The van der Waals surface area contributed by atoms with Gasteiger partial charge in [0.25, 0.3) is 0 Å². The molecule has 0 spiro atoms. The molecule has 0 aliphatic rings. The second-order valence-electron chi connectivity index (χ2n) is 3.78. The van der Waals surface area contributed by atoms with E-state index in [-0.39, 0.29) is 0 Å². The Labute approximate surface area is 100 Å². The third-order valence-electron chi connectivity index (χ3n) is 2.56. The van der Waals surface area contributed by atoms with Crippen molar-refractivity contribution in [2.45, 2.75) is 20.0 Å². The lowest BCUT2D eigenvalue weighted by molar-refractivity contribution is 0.397. The molecular weight excluding hydrogens is 216 g/mol. The number of rotatable bonds is 5. The Morgan fingerprint density at radius 1 is 1.35 bits per heavy atom. The third-order valence-corrected chi connectivity index (χ3v) is 2.56. The molecule has 17 heavy (non-hydrogen) atoms. The van der Waals surface area contributed by atoms with Crippen molar-refractivity contribution in [3.63, 3.8) is 0 Å². The summed E-state index contributed by atoms with van der Waals surface area (Å²) in [4.78, 5) is 11.3. The van der Waals surface area contributed by atoms with E-state index in [4.69, 9.17) is 4.74 Å². The standard InChI is InChI=1S/C12H16N4O/c1-9-11(16-8-15-9)7-13-6-10-3-4-14-12(5-10)17-2/h3-5,8,13H,6-7H2,1-2H3,(H,15,16). The molecule has 0 atom stereocenters. The zero-order valence-electron chi connectivity index (χ0n) is 10.0.